The minimum absolute atomic E-state index is 0.374. The minimum Gasteiger partial charge on any atom is -0.481 e. The number of carbonyl (C=O) groups is 2. The number of rotatable bonds is 7. The molecule has 5 N–H and O–H groups in total. The second kappa shape index (κ2) is 6.33. The fraction of sp³-hybridized carbons (Fsp3) is 0.750. The summed E-state index contributed by atoms with van der Waals surface area (Å²) in [6, 6.07) is 0. The van der Waals surface area contributed by atoms with E-state index in [9.17, 15) is 14.7 Å². The molecule has 0 saturated heterocycles. The molecule has 0 rings (SSSR count). The first-order valence-electron chi connectivity index (χ1n) is 4.30. The largest absolute Gasteiger partial charge is 0.481 e. The van der Waals surface area contributed by atoms with E-state index in [0.29, 0.717) is 0 Å². The van der Waals surface area contributed by atoms with Crippen LogP contribution in [0.15, 0.2) is 0 Å². The van der Waals surface area contributed by atoms with E-state index in [4.69, 9.17) is 20.4 Å². The molecule has 0 aromatic rings. The topological polar surface area (TPSA) is 135 Å². The molecule has 0 aromatic carbocycles. The third kappa shape index (κ3) is 6.83. The molecule has 0 aromatic heterocycles. The Morgan fingerprint density at radius 3 is 1.73 bits per heavy atom. The van der Waals surface area contributed by atoms with Crippen LogP contribution in [0.25, 0.3) is 0 Å². The van der Waals surface area contributed by atoms with Gasteiger partial charge in [-0.15, -0.1) is 0 Å². The van der Waals surface area contributed by atoms with E-state index in [-0.39, 0.29) is 6.42 Å². The highest BCUT2D eigenvalue weighted by Crippen LogP contribution is 2.08. The van der Waals surface area contributed by atoms with Gasteiger partial charge in [0.25, 0.3) is 0 Å². The van der Waals surface area contributed by atoms with Gasteiger partial charge in [0.2, 0.25) is 0 Å². The molecule has 0 amide bonds. The van der Waals surface area contributed by atoms with Gasteiger partial charge in [0, 0.05) is 6.42 Å². The summed E-state index contributed by atoms with van der Waals surface area (Å²) in [6.07, 6.45) is -5.85. The quantitative estimate of drug-likeness (QED) is 0.350. The van der Waals surface area contributed by atoms with Crippen molar-refractivity contribution in [2.45, 2.75) is 37.6 Å². The lowest BCUT2D eigenvalue weighted by Gasteiger charge is -2.18. The zero-order chi connectivity index (χ0) is 12.0. The molecule has 3 unspecified atom stereocenters. The van der Waals surface area contributed by atoms with Gasteiger partial charge in [0.1, 0.15) is 0 Å². The van der Waals surface area contributed by atoms with Crippen LogP contribution < -0.4 is 0 Å². The summed E-state index contributed by atoms with van der Waals surface area (Å²) in [5.41, 5.74) is 0. The first-order valence-corrected chi connectivity index (χ1v) is 4.30. The Labute approximate surface area is 85.6 Å². The lowest BCUT2D eigenvalue weighted by Crippen LogP contribution is -2.32. The number of aliphatic hydroxyl groups is 3. The number of aliphatic carboxylic acids is 2. The maximum absolute atomic E-state index is 10.1. The molecule has 0 bridgehead atoms. The molecule has 0 fully saturated rings. The molecule has 0 saturated carbocycles. The second-order valence-electron chi connectivity index (χ2n) is 3.22. The summed E-state index contributed by atoms with van der Waals surface area (Å²) in [4.78, 5) is 20.3. The molecule has 0 aliphatic heterocycles. The SMILES string of the molecule is O=C(O)CC(O)CC(O)C(O)CC(=O)O. The summed E-state index contributed by atoms with van der Waals surface area (Å²) in [5, 5.41) is 43.9. The molecular weight excluding hydrogens is 208 g/mol. The van der Waals surface area contributed by atoms with Crippen molar-refractivity contribution in [1.82, 2.24) is 0 Å². The number of carboxylic acids is 2. The van der Waals surface area contributed by atoms with Crippen molar-refractivity contribution in [1.29, 1.82) is 0 Å². The standard InChI is InChI=1S/C8H14O7/c9-4(2-7(12)13)1-5(10)6(11)3-8(14)15/h4-6,9-11H,1-3H2,(H,12,13)(H,14,15). The molecule has 0 aliphatic rings. The van der Waals surface area contributed by atoms with Gasteiger partial charge in [0.05, 0.1) is 31.2 Å². The van der Waals surface area contributed by atoms with Gasteiger partial charge in [0.15, 0.2) is 0 Å². The fourth-order valence-electron chi connectivity index (χ4n) is 1.04. The monoisotopic (exact) mass is 222 g/mol. The third-order valence-corrected chi connectivity index (χ3v) is 1.75. The molecule has 7 nitrogen and oxygen atoms in total. The summed E-state index contributed by atoms with van der Waals surface area (Å²) in [5.74, 6) is -2.52. The number of hydrogen-bond donors (Lipinski definition) is 5. The van der Waals surface area contributed by atoms with Crippen molar-refractivity contribution in [3.05, 3.63) is 0 Å². The lowest BCUT2D eigenvalue weighted by atomic mass is 10.0. The van der Waals surface area contributed by atoms with E-state index in [1.807, 2.05) is 0 Å². The molecule has 3 atom stereocenters. The lowest BCUT2D eigenvalue weighted by molar-refractivity contribution is -0.143. The average molecular weight is 222 g/mol. The molecule has 15 heavy (non-hydrogen) atoms. The molecule has 0 aliphatic carbocycles. The number of hydrogen-bond acceptors (Lipinski definition) is 5. The van der Waals surface area contributed by atoms with Crippen LogP contribution in [0.3, 0.4) is 0 Å². The number of carboxylic acid groups (broad SMARTS) is 2. The molecule has 0 heterocycles. The maximum Gasteiger partial charge on any atom is 0.306 e. The highest BCUT2D eigenvalue weighted by Gasteiger charge is 2.23. The van der Waals surface area contributed by atoms with Gasteiger partial charge in [-0.1, -0.05) is 0 Å². The van der Waals surface area contributed by atoms with E-state index in [2.05, 4.69) is 0 Å². The Hall–Kier alpha value is -1.18. The highest BCUT2D eigenvalue weighted by molar-refractivity contribution is 5.67. The first-order chi connectivity index (χ1) is 6.82. The van der Waals surface area contributed by atoms with Gasteiger partial charge < -0.3 is 25.5 Å². The Balaban J connectivity index is 3.94. The third-order valence-electron chi connectivity index (χ3n) is 1.75. The zero-order valence-electron chi connectivity index (χ0n) is 7.91. The van der Waals surface area contributed by atoms with Crippen LogP contribution in [0, 0.1) is 0 Å². The highest BCUT2D eigenvalue weighted by atomic mass is 16.4. The van der Waals surface area contributed by atoms with Crippen molar-refractivity contribution in [2.75, 3.05) is 0 Å². The Kier molecular flexibility index (Phi) is 5.83. The van der Waals surface area contributed by atoms with Crippen molar-refractivity contribution in [2.24, 2.45) is 0 Å². The summed E-state index contributed by atoms with van der Waals surface area (Å²) < 4.78 is 0. The van der Waals surface area contributed by atoms with E-state index in [1.165, 1.54) is 0 Å². The molecular formula is C8H14O7. The minimum atomic E-state index is -1.51. The fourth-order valence-corrected chi connectivity index (χ4v) is 1.04. The Morgan fingerprint density at radius 1 is 0.867 bits per heavy atom. The van der Waals surface area contributed by atoms with Crippen LogP contribution in [-0.2, 0) is 9.59 Å². The van der Waals surface area contributed by atoms with Crippen LogP contribution >= 0.6 is 0 Å². The van der Waals surface area contributed by atoms with Crippen LogP contribution in [0.2, 0.25) is 0 Å². The van der Waals surface area contributed by atoms with Crippen molar-refractivity contribution < 1.29 is 35.1 Å². The maximum atomic E-state index is 10.1. The van der Waals surface area contributed by atoms with Crippen LogP contribution in [-0.4, -0.2) is 55.8 Å². The van der Waals surface area contributed by atoms with E-state index in [1.54, 1.807) is 0 Å². The van der Waals surface area contributed by atoms with Crippen LogP contribution in [0.4, 0.5) is 0 Å². The van der Waals surface area contributed by atoms with E-state index < -0.39 is 43.1 Å². The average Bonchev–Trinajstić information content (AvgIpc) is 2.00. The van der Waals surface area contributed by atoms with Crippen molar-refractivity contribution in [3.63, 3.8) is 0 Å². The van der Waals surface area contributed by atoms with Gasteiger partial charge in [-0.05, 0) is 0 Å². The van der Waals surface area contributed by atoms with Gasteiger partial charge >= 0.3 is 11.9 Å². The molecule has 0 spiro atoms. The summed E-state index contributed by atoms with van der Waals surface area (Å²) in [7, 11) is 0. The Bertz CT molecular complexity index is 227. The summed E-state index contributed by atoms with van der Waals surface area (Å²) >= 11 is 0. The summed E-state index contributed by atoms with van der Waals surface area (Å²) in [6.45, 7) is 0. The zero-order valence-corrected chi connectivity index (χ0v) is 7.91. The normalized spacial score (nSPS) is 16.7. The van der Waals surface area contributed by atoms with Crippen LogP contribution in [0.1, 0.15) is 19.3 Å². The van der Waals surface area contributed by atoms with Gasteiger partial charge in [-0.2, -0.15) is 0 Å². The molecule has 0 radical (unpaired) electrons. The number of aliphatic hydroxyl groups excluding tert-OH is 3. The van der Waals surface area contributed by atoms with E-state index >= 15 is 0 Å². The first kappa shape index (κ1) is 13.8. The molecule has 7 heteroatoms. The predicted molar refractivity (Wildman–Crippen MR) is 47.1 cm³/mol. The second-order valence-corrected chi connectivity index (χ2v) is 3.22. The van der Waals surface area contributed by atoms with Gasteiger partial charge in [-0.3, -0.25) is 9.59 Å². The van der Waals surface area contributed by atoms with Crippen LogP contribution in [0.5, 0.6) is 0 Å². The van der Waals surface area contributed by atoms with Gasteiger partial charge in [-0.25, -0.2) is 0 Å². The van der Waals surface area contributed by atoms with E-state index in [0.717, 1.165) is 0 Å². The predicted octanol–water partition coefficient (Wildman–Crippen LogP) is -1.59. The molecule has 88 valence electrons. The smallest absolute Gasteiger partial charge is 0.306 e. The van der Waals surface area contributed by atoms with Crippen molar-refractivity contribution in [3.8, 4) is 0 Å². The Morgan fingerprint density at radius 2 is 1.33 bits per heavy atom. The van der Waals surface area contributed by atoms with Crippen molar-refractivity contribution >= 4 is 11.9 Å².